The molecule has 7 nitrogen and oxygen atoms in total. The number of carbonyl (C=O) groups is 2. The molecule has 156 valence electrons. The van der Waals surface area contributed by atoms with Crippen LogP contribution in [0.1, 0.15) is 44.6 Å². The number of rotatable bonds is 7. The summed E-state index contributed by atoms with van der Waals surface area (Å²) in [4.78, 5) is 25.8. The molecule has 0 aromatic heterocycles. The normalized spacial score (nSPS) is 19.0. The van der Waals surface area contributed by atoms with E-state index in [1.807, 2.05) is 13.8 Å². The van der Waals surface area contributed by atoms with Crippen LogP contribution in [0, 0.1) is 0 Å². The van der Waals surface area contributed by atoms with Gasteiger partial charge in [-0.3, -0.25) is 4.79 Å². The van der Waals surface area contributed by atoms with E-state index in [-0.39, 0.29) is 24.7 Å². The molecule has 0 fully saturated rings. The van der Waals surface area contributed by atoms with Crippen molar-refractivity contribution >= 4 is 11.8 Å². The summed E-state index contributed by atoms with van der Waals surface area (Å²) >= 11 is 0. The molecule has 1 aromatic rings. The number of dihydropyridines is 1. The van der Waals surface area contributed by atoms with E-state index in [0.29, 0.717) is 41.2 Å². The van der Waals surface area contributed by atoms with Gasteiger partial charge in [0.15, 0.2) is 17.3 Å². The highest BCUT2D eigenvalue weighted by Gasteiger charge is 2.39. The van der Waals surface area contributed by atoms with Crippen LogP contribution in [0.4, 0.5) is 0 Å². The number of benzene rings is 1. The molecule has 29 heavy (non-hydrogen) atoms. The summed E-state index contributed by atoms with van der Waals surface area (Å²) < 4.78 is 15.9. The third-order valence-electron chi connectivity index (χ3n) is 5.13. The van der Waals surface area contributed by atoms with Gasteiger partial charge in [-0.25, -0.2) is 4.79 Å². The third-order valence-corrected chi connectivity index (χ3v) is 5.13. The van der Waals surface area contributed by atoms with Crippen LogP contribution in [0.15, 0.2) is 40.7 Å². The lowest BCUT2D eigenvalue weighted by Crippen LogP contribution is -2.34. The topological polar surface area (TPSA) is 94.1 Å². The minimum Gasteiger partial charge on any atom is -0.504 e. The Bertz CT molecular complexity index is 870. The number of esters is 1. The molecule has 0 saturated heterocycles. The number of allylic oxidation sites excluding steroid dienone is 3. The van der Waals surface area contributed by atoms with E-state index in [4.69, 9.17) is 14.2 Å². The van der Waals surface area contributed by atoms with E-state index in [9.17, 15) is 14.7 Å². The number of carbonyl (C=O) groups excluding carboxylic acids is 2. The van der Waals surface area contributed by atoms with Gasteiger partial charge in [0, 0.05) is 36.4 Å². The Labute approximate surface area is 170 Å². The summed E-state index contributed by atoms with van der Waals surface area (Å²) in [5, 5.41) is 13.3. The molecule has 0 unspecified atom stereocenters. The summed E-state index contributed by atoms with van der Waals surface area (Å²) in [7, 11) is 1.53. The highest BCUT2D eigenvalue weighted by Crippen LogP contribution is 2.44. The van der Waals surface area contributed by atoms with Crippen LogP contribution < -0.4 is 10.1 Å². The van der Waals surface area contributed by atoms with Crippen molar-refractivity contribution in [3.8, 4) is 11.5 Å². The zero-order chi connectivity index (χ0) is 21.0. The Morgan fingerprint density at radius 3 is 2.79 bits per heavy atom. The Morgan fingerprint density at radius 1 is 1.28 bits per heavy atom. The molecule has 1 aliphatic carbocycles. The first kappa shape index (κ1) is 20.9. The van der Waals surface area contributed by atoms with Crippen molar-refractivity contribution in [2.24, 2.45) is 0 Å². The fourth-order valence-corrected chi connectivity index (χ4v) is 3.86. The molecule has 0 spiro atoms. The molecule has 2 N–H and O–H groups in total. The molecule has 0 radical (unpaired) electrons. The quantitative estimate of drug-likeness (QED) is 0.536. The number of hydrogen-bond donors (Lipinski definition) is 2. The van der Waals surface area contributed by atoms with E-state index in [1.54, 1.807) is 12.1 Å². The van der Waals surface area contributed by atoms with Gasteiger partial charge in [-0.05, 0) is 44.4 Å². The lowest BCUT2D eigenvalue weighted by atomic mass is 9.75. The minimum absolute atomic E-state index is 0.0126. The van der Waals surface area contributed by atoms with Gasteiger partial charge in [0.05, 0.1) is 18.8 Å². The molecule has 7 heteroatoms. The van der Waals surface area contributed by atoms with Crippen molar-refractivity contribution in [2.75, 3.05) is 26.9 Å². The van der Waals surface area contributed by atoms with Gasteiger partial charge in [0.2, 0.25) is 0 Å². The Morgan fingerprint density at radius 2 is 2.07 bits per heavy atom. The zero-order valence-electron chi connectivity index (χ0n) is 17.0. The zero-order valence-corrected chi connectivity index (χ0v) is 17.0. The first-order valence-electron chi connectivity index (χ1n) is 9.83. The van der Waals surface area contributed by atoms with Crippen molar-refractivity contribution in [3.63, 3.8) is 0 Å². The Balaban J connectivity index is 2.08. The molecule has 1 aliphatic heterocycles. The fourth-order valence-electron chi connectivity index (χ4n) is 3.86. The van der Waals surface area contributed by atoms with E-state index in [0.717, 1.165) is 18.5 Å². The first-order chi connectivity index (χ1) is 14.0. The first-order valence-corrected chi connectivity index (χ1v) is 9.83. The summed E-state index contributed by atoms with van der Waals surface area (Å²) in [6.45, 7) is 4.43. The number of aromatic hydroxyl groups is 1. The maximum atomic E-state index is 12.9. The van der Waals surface area contributed by atoms with Gasteiger partial charge in [-0.1, -0.05) is 6.07 Å². The van der Waals surface area contributed by atoms with Crippen molar-refractivity contribution in [2.45, 2.75) is 39.0 Å². The molecule has 2 aliphatic rings. The lowest BCUT2D eigenvalue weighted by molar-refractivity contribution is -0.140. The van der Waals surface area contributed by atoms with Crippen molar-refractivity contribution in [1.29, 1.82) is 0 Å². The highest BCUT2D eigenvalue weighted by atomic mass is 16.6. The molecule has 0 bridgehead atoms. The lowest BCUT2D eigenvalue weighted by Gasteiger charge is -2.34. The molecule has 0 saturated carbocycles. The van der Waals surface area contributed by atoms with Gasteiger partial charge in [0.1, 0.15) is 6.61 Å². The van der Waals surface area contributed by atoms with Crippen LogP contribution >= 0.6 is 0 Å². The van der Waals surface area contributed by atoms with Crippen LogP contribution in [-0.2, 0) is 19.1 Å². The highest BCUT2D eigenvalue weighted by molar-refractivity contribution is 6.03. The number of hydrogen-bond acceptors (Lipinski definition) is 7. The van der Waals surface area contributed by atoms with Crippen LogP contribution in [0.3, 0.4) is 0 Å². The predicted molar refractivity (Wildman–Crippen MR) is 107 cm³/mol. The average molecular weight is 401 g/mol. The Hall–Kier alpha value is -2.80. The van der Waals surface area contributed by atoms with Crippen LogP contribution in [0.25, 0.3) is 0 Å². The van der Waals surface area contributed by atoms with Gasteiger partial charge in [0.25, 0.3) is 0 Å². The number of ketones is 1. The summed E-state index contributed by atoms with van der Waals surface area (Å²) in [5.74, 6) is -0.719. The molecule has 3 rings (SSSR count). The van der Waals surface area contributed by atoms with Crippen LogP contribution in [0.5, 0.6) is 11.5 Å². The number of methoxy groups -OCH3 is 1. The van der Waals surface area contributed by atoms with Crippen LogP contribution in [0.2, 0.25) is 0 Å². The van der Waals surface area contributed by atoms with E-state index >= 15 is 0 Å². The smallest absolute Gasteiger partial charge is 0.336 e. The molecular formula is C22H27NO6. The van der Waals surface area contributed by atoms with E-state index in [1.165, 1.54) is 13.2 Å². The molecule has 1 heterocycles. The second kappa shape index (κ2) is 9.13. The molecule has 0 amide bonds. The summed E-state index contributed by atoms with van der Waals surface area (Å²) in [6.07, 6.45) is 1.97. The molecule has 1 atom stereocenters. The molecule has 1 aromatic carbocycles. The number of phenols is 1. The fraction of sp³-hybridized carbons (Fsp3) is 0.455. The van der Waals surface area contributed by atoms with Gasteiger partial charge < -0.3 is 24.6 Å². The summed E-state index contributed by atoms with van der Waals surface area (Å²) in [6, 6.07) is 4.94. The van der Waals surface area contributed by atoms with Crippen molar-refractivity contribution in [1.82, 2.24) is 5.32 Å². The number of Topliss-reactive ketones (excluding diaryl/α,β-unsaturated/α-hetero) is 1. The monoisotopic (exact) mass is 401 g/mol. The SMILES string of the molecule is CCOc1cc([C@H]2C(C(=O)OCCOC)=C(C)NC3=C2C(=O)CCC3)ccc1O. The van der Waals surface area contributed by atoms with Crippen molar-refractivity contribution in [3.05, 3.63) is 46.3 Å². The minimum atomic E-state index is -0.575. The second-order valence-electron chi connectivity index (χ2n) is 7.05. The van der Waals surface area contributed by atoms with E-state index < -0.39 is 11.9 Å². The standard InChI is InChI=1S/C22H27NO6/c1-4-28-18-12-14(8-9-16(18)24)20-19(22(26)29-11-10-27-3)13(2)23-15-6-5-7-17(25)21(15)20/h8-9,12,20,23-24H,4-7,10-11H2,1-3H3/t20-/m0/s1. The third kappa shape index (κ3) is 4.29. The maximum Gasteiger partial charge on any atom is 0.336 e. The average Bonchev–Trinajstić information content (AvgIpc) is 2.69. The van der Waals surface area contributed by atoms with Gasteiger partial charge >= 0.3 is 5.97 Å². The van der Waals surface area contributed by atoms with E-state index in [2.05, 4.69) is 5.32 Å². The molecular weight excluding hydrogens is 374 g/mol. The second-order valence-corrected chi connectivity index (χ2v) is 7.05. The number of nitrogens with one attached hydrogen (secondary N) is 1. The van der Waals surface area contributed by atoms with Crippen LogP contribution in [-0.4, -0.2) is 43.8 Å². The maximum absolute atomic E-state index is 12.9. The number of phenolic OH excluding ortho intramolecular Hbond substituents is 1. The van der Waals surface area contributed by atoms with Gasteiger partial charge in [-0.15, -0.1) is 0 Å². The van der Waals surface area contributed by atoms with Crippen molar-refractivity contribution < 1.29 is 28.9 Å². The number of ether oxygens (including phenoxy) is 3. The summed E-state index contributed by atoms with van der Waals surface area (Å²) in [5.41, 5.74) is 3.20. The largest absolute Gasteiger partial charge is 0.504 e. The predicted octanol–water partition coefficient (Wildman–Crippen LogP) is 2.95. The Kier molecular flexibility index (Phi) is 6.59. The van der Waals surface area contributed by atoms with Gasteiger partial charge in [-0.2, -0.15) is 0 Å².